The summed E-state index contributed by atoms with van der Waals surface area (Å²) >= 11 is 3.21. The van der Waals surface area contributed by atoms with Crippen molar-refractivity contribution in [1.82, 2.24) is 0 Å². The van der Waals surface area contributed by atoms with E-state index in [0.717, 1.165) is 11.1 Å². The average molecular weight is 391 g/mol. The van der Waals surface area contributed by atoms with Crippen molar-refractivity contribution in [2.75, 3.05) is 5.32 Å². The average Bonchev–Trinajstić information content (AvgIpc) is 2.52. The van der Waals surface area contributed by atoms with E-state index in [9.17, 15) is 19.7 Å². The van der Waals surface area contributed by atoms with E-state index in [4.69, 9.17) is 0 Å². The zero-order valence-corrected chi connectivity index (χ0v) is 14.4. The Morgan fingerprint density at radius 1 is 1.33 bits per heavy atom. The van der Waals surface area contributed by atoms with E-state index in [-0.39, 0.29) is 24.2 Å². The number of amides is 1. The van der Waals surface area contributed by atoms with Gasteiger partial charge < -0.3 is 5.32 Å². The fraction of sp³-hybridized carbons (Fsp3) is 0.176. The summed E-state index contributed by atoms with van der Waals surface area (Å²) in [4.78, 5) is 33.2. The van der Waals surface area contributed by atoms with Crippen molar-refractivity contribution < 1.29 is 14.5 Å². The highest BCUT2D eigenvalue weighted by Gasteiger charge is 2.24. The van der Waals surface area contributed by atoms with Crippen LogP contribution in [0.15, 0.2) is 46.9 Å². The molecule has 0 aromatic heterocycles. The maximum absolute atomic E-state index is 12.1. The fourth-order valence-corrected chi connectivity index (χ4v) is 2.88. The molecule has 7 heteroatoms. The zero-order valence-electron chi connectivity index (χ0n) is 12.9. The summed E-state index contributed by atoms with van der Waals surface area (Å²) in [6, 6.07) is 10.7. The number of nitro groups is 1. The molecule has 1 amide bonds. The molecule has 124 valence electrons. The number of nitrogens with zero attached hydrogens (tertiary/aromatic N) is 1. The van der Waals surface area contributed by atoms with Gasteiger partial charge >= 0.3 is 0 Å². The van der Waals surface area contributed by atoms with Crippen molar-refractivity contribution >= 4 is 33.8 Å². The van der Waals surface area contributed by atoms with Gasteiger partial charge in [0.1, 0.15) is 0 Å². The minimum atomic E-state index is -1.43. The Labute approximate surface area is 147 Å². The van der Waals surface area contributed by atoms with Gasteiger partial charge in [-0.2, -0.15) is 0 Å². The molecule has 2 aromatic rings. The lowest BCUT2D eigenvalue weighted by Gasteiger charge is -2.10. The number of anilines is 1. The zero-order chi connectivity index (χ0) is 17.7. The molecule has 0 radical (unpaired) electrons. The third-order valence-electron chi connectivity index (χ3n) is 3.57. The van der Waals surface area contributed by atoms with Crippen LogP contribution in [0.3, 0.4) is 0 Å². The Morgan fingerprint density at radius 3 is 2.62 bits per heavy atom. The molecule has 6 nitrogen and oxygen atoms in total. The summed E-state index contributed by atoms with van der Waals surface area (Å²) in [6.07, 6.45) is 0.508. The molecule has 1 unspecified atom stereocenters. The van der Waals surface area contributed by atoms with Gasteiger partial charge in [0.25, 0.3) is 6.04 Å². The summed E-state index contributed by atoms with van der Waals surface area (Å²) < 4.78 is 0.394. The third-order valence-corrected chi connectivity index (χ3v) is 4.26. The van der Waals surface area contributed by atoms with Gasteiger partial charge in [-0.05, 0) is 36.2 Å². The molecule has 0 spiro atoms. The number of hydrogen-bond donors (Lipinski definition) is 1. The predicted molar refractivity (Wildman–Crippen MR) is 93.5 cm³/mol. The van der Waals surface area contributed by atoms with E-state index >= 15 is 0 Å². The Kier molecular flexibility index (Phi) is 5.81. The van der Waals surface area contributed by atoms with E-state index in [1.807, 2.05) is 31.2 Å². The molecule has 0 aliphatic heterocycles. The second kappa shape index (κ2) is 7.83. The summed E-state index contributed by atoms with van der Waals surface area (Å²) in [5.74, 6) is -0.190. The largest absolute Gasteiger partial charge is 0.326 e. The number of nitrogens with one attached hydrogen (secondary N) is 1. The predicted octanol–water partition coefficient (Wildman–Crippen LogP) is 3.46. The first-order valence-corrected chi connectivity index (χ1v) is 7.94. The molecular weight excluding hydrogens is 376 g/mol. The van der Waals surface area contributed by atoms with Crippen LogP contribution in [0.1, 0.15) is 22.7 Å². The monoisotopic (exact) mass is 390 g/mol. The van der Waals surface area contributed by atoms with Crippen LogP contribution in [-0.4, -0.2) is 17.1 Å². The van der Waals surface area contributed by atoms with Crippen molar-refractivity contribution in [3.05, 3.63) is 73.7 Å². The third kappa shape index (κ3) is 4.26. The number of benzene rings is 2. The summed E-state index contributed by atoms with van der Waals surface area (Å²) in [7, 11) is 0. The SMILES string of the molecule is Cc1ccccc1CC(=O)Nc1ccc(C(C=O)[N+](=O)[O-])c(Br)c1. The number of carbonyl (C=O) groups excluding carboxylic acids is 2. The summed E-state index contributed by atoms with van der Waals surface area (Å²) in [6.45, 7) is 1.94. The first kappa shape index (κ1) is 17.8. The Hall–Kier alpha value is -2.54. The van der Waals surface area contributed by atoms with Crippen LogP contribution in [0.5, 0.6) is 0 Å². The summed E-state index contributed by atoms with van der Waals surface area (Å²) in [5, 5.41) is 13.6. The number of aryl methyl sites for hydroxylation is 1. The Morgan fingerprint density at radius 2 is 2.04 bits per heavy atom. The maximum Gasteiger partial charge on any atom is 0.293 e. The van der Waals surface area contributed by atoms with Gasteiger partial charge in [0, 0.05) is 20.6 Å². The second-order valence-corrected chi connectivity index (χ2v) is 6.11. The van der Waals surface area contributed by atoms with E-state index in [2.05, 4.69) is 21.2 Å². The molecule has 0 saturated heterocycles. The topological polar surface area (TPSA) is 89.3 Å². The molecule has 0 heterocycles. The number of hydrogen-bond acceptors (Lipinski definition) is 4. The quantitative estimate of drug-likeness (QED) is 0.464. The van der Waals surface area contributed by atoms with Gasteiger partial charge in [0.2, 0.25) is 5.91 Å². The van der Waals surface area contributed by atoms with Gasteiger partial charge in [-0.25, -0.2) is 0 Å². The molecule has 1 atom stereocenters. The highest BCUT2D eigenvalue weighted by atomic mass is 79.9. The van der Waals surface area contributed by atoms with Gasteiger partial charge in [-0.3, -0.25) is 19.7 Å². The van der Waals surface area contributed by atoms with Crippen LogP contribution < -0.4 is 5.32 Å². The van der Waals surface area contributed by atoms with E-state index in [1.54, 1.807) is 6.07 Å². The van der Waals surface area contributed by atoms with Crippen LogP contribution >= 0.6 is 15.9 Å². The first-order chi connectivity index (χ1) is 11.4. The lowest BCUT2D eigenvalue weighted by molar-refractivity contribution is -0.511. The smallest absolute Gasteiger partial charge is 0.293 e. The van der Waals surface area contributed by atoms with Crippen molar-refractivity contribution in [3.8, 4) is 0 Å². The van der Waals surface area contributed by atoms with Gasteiger partial charge in [0.05, 0.1) is 6.42 Å². The van der Waals surface area contributed by atoms with Crippen LogP contribution in [-0.2, 0) is 16.0 Å². The Balaban J connectivity index is 2.12. The first-order valence-electron chi connectivity index (χ1n) is 7.15. The van der Waals surface area contributed by atoms with Crippen LogP contribution in [0.2, 0.25) is 0 Å². The minimum absolute atomic E-state index is 0.190. The normalized spacial score (nSPS) is 11.6. The molecule has 24 heavy (non-hydrogen) atoms. The second-order valence-electron chi connectivity index (χ2n) is 5.25. The van der Waals surface area contributed by atoms with E-state index < -0.39 is 11.0 Å². The number of rotatable bonds is 6. The molecule has 2 aromatic carbocycles. The molecule has 0 aliphatic carbocycles. The lowest BCUT2D eigenvalue weighted by Crippen LogP contribution is -2.16. The van der Waals surface area contributed by atoms with Crippen molar-refractivity contribution in [2.24, 2.45) is 0 Å². The summed E-state index contributed by atoms with van der Waals surface area (Å²) in [5.41, 5.74) is 2.70. The molecule has 0 fully saturated rings. The standard InChI is InChI=1S/C17H15BrN2O4/c1-11-4-2-3-5-12(11)8-17(22)19-13-6-7-14(15(18)9-13)16(10-21)20(23)24/h2-7,9-10,16H,8H2,1H3,(H,19,22). The molecule has 0 saturated carbocycles. The maximum atomic E-state index is 12.1. The number of aldehydes is 1. The number of halogens is 1. The Bertz CT molecular complexity index is 792. The van der Waals surface area contributed by atoms with Crippen molar-refractivity contribution in [2.45, 2.75) is 19.4 Å². The highest BCUT2D eigenvalue weighted by Crippen LogP contribution is 2.27. The van der Waals surface area contributed by atoms with Crippen LogP contribution in [0.25, 0.3) is 0 Å². The van der Waals surface area contributed by atoms with Crippen LogP contribution in [0, 0.1) is 17.0 Å². The molecule has 0 bridgehead atoms. The van der Waals surface area contributed by atoms with Gasteiger partial charge in [-0.15, -0.1) is 0 Å². The molecule has 2 rings (SSSR count). The molecule has 1 N–H and O–H groups in total. The molecule has 0 aliphatic rings. The van der Waals surface area contributed by atoms with E-state index in [0.29, 0.717) is 10.2 Å². The number of carbonyl (C=O) groups is 2. The fourth-order valence-electron chi connectivity index (χ4n) is 2.27. The molecular formula is C17H15BrN2O4. The van der Waals surface area contributed by atoms with E-state index in [1.165, 1.54) is 12.1 Å². The van der Waals surface area contributed by atoms with Crippen molar-refractivity contribution in [3.63, 3.8) is 0 Å². The van der Waals surface area contributed by atoms with Gasteiger partial charge in [-0.1, -0.05) is 40.2 Å². The van der Waals surface area contributed by atoms with Crippen LogP contribution in [0.4, 0.5) is 5.69 Å². The van der Waals surface area contributed by atoms with Crippen molar-refractivity contribution in [1.29, 1.82) is 0 Å². The lowest BCUT2D eigenvalue weighted by atomic mass is 10.1. The minimum Gasteiger partial charge on any atom is -0.326 e. The highest BCUT2D eigenvalue weighted by molar-refractivity contribution is 9.10. The van der Waals surface area contributed by atoms with Gasteiger partial charge in [0.15, 0.2) is 6.29 Å².